The van der Waals surface area contributed by atoms with Crippen LogP contribution < -0.4 is 10.5 Å². The van der Waals surface area contributed by atoms with Crippen LogP contribution in [-0.2, 0) is 0 Å². The molecule has 0 amide bonds. The number of nitrogens with two attached hydrogens (primary N) is 1. The van der Waals surface area contributed by atoms with Gasteiger partial charge in [-0.1, -0.05) is 17.3 Å². The second-order valence-electron chi connectivity index (χ2n) is 4.59. The number of oxime groups is 1. The highest BCUT2D eigenvalue weighted by Crippen LogP contribution is 2.31. The van der Waals surface area contributed by atoms with Crippen molar-refractivity contribution in [2.75, 3.05) is 0 Å². The molecule has 0 fully saturated rings. The van der Waals surface area contributed by atoms with E-state index in [1.807, 2.05) is 32.9 Å². The van der Waals surface area contributed by atoms with Crippen LogP contribution in [0.3, 0.4) is 0 Å². The number of aryl methyl sites for hydroxylation is 2. The largest absolute Gasteiger partial charge is 0.454 e. The SMILES string of the molecule is Cc1ccc(C)c(Oc2cccnc2/C(N)=N/O)c1C. The second kappa shape index (κ2) is 5.61. The van der Waals surface area contributed by atoms with Crippen molar-refractivity contribution in [2.24, 2.45) is 10.9 Å². The molecule has 0 aliphatic carbocycles. The van der Waals surface area contributed by atoms with Crippen molar-refractivity contribution < 1.29 is 9.94 Å². The summed E-state index contributed by atoms with van der Waals surface area (Å²) >= 11 is 0. The van der Waals surface area contributed by atoms with E-state index in [1.54, 1.807) is 18.3 Å². The quantitative estimate of drug-likeness (QED) is 0.389. The number of benzene rings is 1. The first-order valence-electron chi connectivity index (χ1n) is 6.22. The molecule has 2 rings (SSSR count). The number of amidine groups is 1. The standard InChI is InChI=1S/C15H17N3O2/c1-9-6-7-10(2)14(11(9)3)20-12-5-4-8-17-13(12)15(16)18-19/h4-8,19H,1-3H3,(H2,16,18). The predicted octanol–water partition coefficient (Wildman–Crippen LogP) is 2.89. The van der Waals surface area contributed by atoms with E-state index >= 15 is 0 Å². The number of hydrogen-bond acceptors (Lipinski definition) is 4. The van der Waals surface area contributed by atoms with Crippen LogP contribution in [0.4, 0.5) is 0 Å². The van der Waals surface area contributed by atoms with Gasteiger partial charge in [0.1, 0.15) is 5.75 Å². The summed E-state index contributed by atoms with van der Waals surface area (Å²) in [5.74, 6) is 1.15. The first kappa shape index (κ1) is 13.9. The van der Waals surface area contributed by atoms with Crippen LogP contribution >= 0.6 is 0 Å². The zero-order chi connectivity index (χ0) is 14.7. The van der Waals surface area contributed by atoms with Crippen molar-refractivity contribution in [1.82, 2.24) is 4.98 Å². The lowest BCUT2D eigenvalue weighted by Crippen LogP contribution is -2.16. The summed E-state index contributed by atoms with van der Waals surface area (Å²) in [5.41, 5.74) is 9.14. The molecular weight excluding hydrogens is 254 g/mol. The number of rotatable bonds is 3. The van der Waals surface area contributed by atoms with Crippen LogP contribution in [0.5, 0.6) is 11.5 Å². The molecule has 0 bridgehead atoms. The van der Waals surface area contributed by atoms with E-state index in [1.165, 1.54) is 0 Å². The molecule has 0 saturated heterocycles. The van der Waals surface area contributed by atoms with Gasteiger partial charge in [0.2, 0.25) is 0 Å². The summed E-state index contributed by atoms with van der Waals surface area (Å²) in [4.78, 5) is 4.09. The molecule has 0 aliphatic heterocycles. The zero-order valence-electron chi connectivity index (χ0n) is 11.7. The molecule has 1 heterocycles. The molecule has 1 aromatic heterocycles. The first-order valence-corrected chi connectivity index (χ1v) is 6.22. The van der Waals surface area contributed by atoms with Gasteiger partial charge in [0.05, 0.1) is 0 Å². The van der Waals surface area contributed by atoms with Gasteiger partial charge in [-0.3, -0.25) is 0 Å². The van der Waals surface area contributed by atoms with Crippen LogP contribution in [0.2, 0.25) is 0 Å². The zero-order valence-corrected chi connectivity index (χ0v) is 11.7. The van der Waals surface area contributed by atoms with Gasteiger partial charge in [0.15, 0.2) is 17.3 Å². The maximum Gasteiger partial charge on any atom is 0.192 e. The average molecular weight is 271 g/mol. The molecule has 20 heavy (non-hydrogen) atoms. The van der Waals surface area contributed by atoms with E-state index in [4.69, 9.17) is 15.7 Å². The number of nitrogens with zero attached hydrogens (tertiary/aromatic N) is 2. The highest BCUT2D eigenvalue weighted by molar-refractivity contribution is 5.97. The molecule has 104 valence electrons. The second-order valence-corrected chi connectivity index (χ2v) is 4.59. The molecule has 5 nitrogen and oxygen atoms in total. The van der Waals surface area contributed by atoms with E-state index < -0.39 is 0 Å². The summed E-state index contributed by atoms with van der Waals surface area (Å²) in [7, 11) is 0. The highest BCUT2D eigenvalue weighted by atomic mass is 16.5. The summed E-state index contributed by atoms with van der Waals surface area (Å²) in [6, 6.07) is 7.52. The van der Waals surface area contributed by atoms with Crippen LogP contribution in [0.25, 0.3) is 0 Å². The Hall–Kier alpha value is -2.56. The molecule has 1 aromatic carbocycles. The van der Waals surface area contributed by atoms with E-state index in [0.29, 0.717) is 11.4 Å². The van der Waals surface area contributed by atoms with Crippen molar-refractivity contribution in [3.8, 4) is 11.5 Å². The molecule has 0 radical (unpaired) electrons. The topological polar surface area (TPSA) is 80.7 Å². The summed E-state index contributed by atoms with van der Waals surface area (Å²) in [5, 5.41) is 11.8. The van der Waals surface area contributed by atoms with E-state index in [9.17, 15) is 0 Å². The van der Waals surface area contributed by atoms with Crippen molar-refractivity contribution in [3.63, 3.8) is 0 Å². The van der Waals surface area contributed by atoms with Crippen molar-refractivity contribution in [2.45, 2.75) is 20.8 Å². The smallest absolute Gasteiger partial charge is 0.192 e. The number of aromatic nitrogens is 1. The molecule has 0 aliphatic rings. The minimum Gasteiger partial charge on any atom is -0.454 e. The van der Waals surface area contributed by atoms with Gasteiger partial charge in [-0.05, 0) is 49.6 Å². The van der Waals surface area contributed by atoms with Gasteiger partial charge in [-0.15, -0.1) is 0 Å². The van der Waals surface area contributed by atoms with Gasteiger partial charge < -0.3 is 15.7 Å². The number of hydrogen-bond donors (Lipinski definition) is 2. The summed E-state index contributed by atoms with van der Waals surface area (Å²) in [6.07, 6.45) is 1.57. The Morgan fingerprint density at radius 1 is 1.20 bits per heavy atom. The third-order valence-electron chi connectivity index (χ3n) is 3.21. The van der Waals surface area contributed by atoms with E-state index in [0.717, 1.165) is 22.4 Å². The summed E-state index contributed by atoms with van der Waals surface area (Å²) < 4.78 is 5.94. The molecular formula is C15H17N3O2. The normalized spacial score (nSPS) is 11.4. The third-order valence-corrected chi connectivity index (χ3v) is 3.21. The van der Waals surface area contributed by atoms with Gasteiger partial charge in [0.25, 0.3) is 0 Å². The minimum absolute atomic E-state index is 0.0800. The molecule has 0 saturated carbocycles. The maximum atomic E-state index is 8.80. The molecule has 2 aromatic rings. The Bertz CT molecular complexity index is 666. The fourth-order valence-corrected chi connectivity index (χ4v) is 1.91. The summed E-state index contributed by atoms with van der Waals surface area (Å²) in [6.45, 7) is 5.99. The van der Waals surface area contributed by atoms with Crippen LogP contribution in [0, 0.1) is 20.8 Å². The molecule has 5 heteroatoms. The van der Waals surface area contributed by atoms with Crippen LogP contribution in [0.1, 0.15) is 22.4 Å². The third kappa shape index (κ3) is 2.56. The van der Waals surface area contributed by atoms with Gasteiger partial charge in [-0.25, -0.2) is 4.98 Å². The highest BCUT2D eigenvalue weighted by Gasteiger charge is 2.13. The Morgan fingerprint density at radius 2 is 1.90 bits per heavy atom. The Morgan fingerprint density at radius 3 is 2.60 bits per heavy atom. The fourth-order valence-electron chi connectivity index (χ4n) is 1.91. The van der Waals surface area contributed by atoms with Crippen molar-refractivity contribution >= 4 is 5.84 Å². The Labute approximate surface area is 117 Å². The Kier molecular flexibility index (Phi) is 3.89. The average Bonchev–Trinajstić information content (AvgIpc) is 2.47. The van der Waals surface area contributed by atoms with E-state index in [-0.39, 0.29) is 5.84 Å². The fraction of sp³-hybridized carbons (Fsp3) is 0.200. The van der Waals surface area contributed by atoms with E-state index in [2.05, 4.69) is 10.1 Å². The monoisotopic (exact) mass is 271 g/mol. The minimum atomic E-state index is -0.0800. The van der Waals surface area contributed by atoms with Crippen LogP contribution in [-0.4, -0.2) is 16.0 Å². The lowest BCUT2D eigenvalue weighted by molar-refractivity contribution is 0.318. The lowest BCUT2D eigenvalue weighted by Gasteiger charge is -2.15. The maximum absolute atomic E-state index is 8.80. The molecule has 3 N–H and O–H groups in total. The molecule has 0 spiro atoms. The lowest BCUT2D eigenvalue weighted by atomic mass is 10.1. The first-order chi connectivity index (χ1) is 9.54. The van der Waals surface area contributed by atoms with Gasteiger partial charge in [0, 0.05) is 6.20 Å². The van der Waals surface area contributed by atoms with Gasteiger partial charge in [-0.2, -0.15) is 0 Å². The van der Waals surface area contributed by atoms with Crippen LogP contribution in [0.15, 0.2) is 35.6 Å². The van der Waals surface area contributed by atoms with Crippen molar-refractivity contribution in [3.05, 3.63) is 52.8 Å². The van der Waals surface area contributed by atoms with Gasteiger partial charge >= 0.3 is 0 Å². The molecule has 0 unspecified atom stereocenters. The number of pyridine rings is 1. The predicted molar refractivity (Wildman–Crippen MR) is 77.5 cm³/mol. The number of ether oxygens (including phenoxy) is 1. The molecule has 0 atom stereocenters. The Balaban J connectivity index is 2.49. The van der Waals surface area contributed by atoms with Crippen molar-refractivity contribution in [1.29, 1.82) is 0 Å².